The standard InChI is InChI=1S/C18H21N5OS2/c1-11-8-12(2)16-13(9-11)26-17(20-16)19-15(24)10-25-18-22-21-14-6-4-3-5-7-23(14)18/h8-9H,3-7,10H2,1-2H3,(H,19,20,24). The Bertz CT molecular complexity index is 962. The van der Waals surface area contributed by atoms with E-state index in [0.717, 1.165) is 46.1 Å². The molecule has 0 unspecified atom stereocenters. The van der Waals surface area contributed by atoms with Crippen molar-refractivity contribution in [1.29, 1.82) is 0 Å². The second-order valence-corrected chi connectivity index (χ2v) is 8.62. The molecular formula is C18H21N5OS2. The number of hydrogen-bond donors (Lipinski definition) is 1. The highest BCUT2D eigenvalue weighted by molar-refractivity contribution is 7.99. The van der Waals surface area contributed by atoms with Crippen LogP contribution in [0.4, 0.5) is 5.13 Å². The van der Waals surface area contributed by atoms with Crippen molar-refractivity contribution in [2.24, 2.45) is 0 Å². The van der Waals surface area contributed by atoms with Crippen LogP contribution in [-0.2, 0) is 17.8 Å². The molecule has 1 N–H and O–H groups in total. The molecule has 1 amide bonds. The van der Waals surface area contributed by atoms with E-state index in [0.29, 0.717) is 10.9 Å². The maximum absolute atomic E-state index is 12.3. The molecule has 0 bridgehead atoms. The van der Waals surface area contributed by atoms with E-state index in [2.05, 4.69) is 44.1 Å². The summed E-state index contributed by atoms with van der Waals surface area (Å²) in [5.74, 6) is 1.29. The molecule has 0 saturated heterocycles. The number of nitrogens with one attached hydrogen (secondary N) is 1. The van der Waals surface area contributed by atoms with E-state index in [1.165, 1.54) is 41.5 Å². The predicted molar refractivity (Wildman–Crippen MR) is 106 cm³/mol. The van der Waals surface area contributed by atoms with Crippen molar-refractivity contribution >= 4 is 44.4 Å². The van der Waals surface area contributed by atoms with Crippen molar-refractivity contribution in [3.63, 3.8) is 0 Å². The van der Waals surface area contributed by atoms with Gasteiger partial charge in [-0.1, -0.05) is 35.6 Å². The quantitative estimate of drug-likeness (QED) is 0.686. The van der Waals surface area contributed by atoms with Crippen molar-refractivity contribution in [3.05, 3.63) is 29.1 Å². The Balaban J connectivity index is 1.42. The average Bonchev–Trinajstić information content (AvgIpc) is 3.09. The summed E-state index contributed by atoms with van der Waals surface area (Å²) in [6.45, 7) is 5.07. The Labute approximate surface area is 160 Å². The number of rotatable bonds is 4. The van der Waals surface area contributed by atoms with Crippen LogP contribution < -0.4 is 5.32 Å². The molecular weight excluding hydrogens is 366 g/mol. The van der Waals surface area contributed by atoms with Gasteiger partial charge in [0.2, 0.25) is 5.91 Å². The minimum absolute atomic E-state index is 0.0607. The molecule has 0 fully saturated rings. The molecule has 2 aromatic heterocycles. The van der Waals surface area contributed by atoms with Gasteiger partial charge in [0.25, 0.3) is 0 Å². The molecule has 6 nitrogen and oxygen atoms in total. The molecule has 1 aromatic carbocycles. The zero-order valence-electron chi connectivity index (χ0n) is 14.9. The third kappa shape index (κ3) is 3.61. The SMILES string of the molecule is Cc1cc(C)c2nc(NC(=O)CSc3nnc4n3CCCCC4)sc2c1. The number of carbonyl (C=O) groups excluding carboxylic acids is 1. The number of amides is 1. The van der Waals surface area contributed by atoms with Gasteiger partial charge in [-0.3, -0.25) is 4.79 Å². The first kappa shape index (κ1) is 17.5. The second kappa shape index (κ2) is 7.36. The van der Waals surface area contributed by atoms with Crippen molar-refractivity contribution in [2.45, 2.75) is 51.2 Å². The van der Waals surface area contributed by atoms with Gasteiger partial charge in [0.15, 0.2) is 10.3 Å². The first-order chi connectivity index (χ1) is 12.6. The van der Waals surface area contributed by atoms with E-state index in [9.17, 15) is 4.79 Å². The maximum Gasteiger partial charge on any atom is 0.236 e. The lowest BCUT2D eigenvalue weighted by molar-refractivity contribution is -0.113. The Hall–Kier alpha value is -1.93. The Morgan fingerprint density at radius 3 is 3.04 bits per heavy atom. The molecule has 8 heteroatoms. The van der Waals surface area contributed by atoms with E-state index in [-0.39, 0.29) is 5.91 Å². The molecule has 4 rings (SSSR count). The Morgan fingerprint density at radius 1 is 1.27 bits per heavy atom. The summed E-state index contributed by atoms with van der Waals surface area (Å²) in [4.78, 5) is 16.9. The van der Waals surface area contributed by atoms with Crippen molar-refractivity contribution in [2.75, 3.05) is 11.1 Å². The number of aromatic nitrogens is 4. The Kier molecular flexibility index (Phi) is 4.95. The molecule has 0 aliphatic carbocycles. The van der Waals surface area contributed by atoms with Gasteiger partial charge < -0.3 is 9.88 Å². The largest absolute Gasteiger partial charge is 0.306 e. The van der Waals surface area contributed by atoms with Gasteiger partial charge in [0.05, 0.1) is 16.0 Å². The number of fused-ring (bicyclic) bond motifs is 2. The smallest absolute Gasteiger partial charge is 0.236 e. The number of nitrogens with zero attached hydrogens (tertiary/aromatic N) is 4. The predicted octanol–water partition coefficient (Wildman–Crippen LogP) is 3.96. The van der Waals surface area contributed by atoms with Crippen LogP contribution in [0.3, 0.4) is 0 Å². The summed E-state index contributed by atoms with van der Waals surface area (Å²) >= 11 is 2.96. The van der Waals surface area contributed by atoms with Crippen LogP contribution in [0, 0.1) is 13.8 Å². The lowest BCUT2D eigenvalue weighted by atomic mass is 10.1. The normalized spacial score (nSPS) is 14.2. The van der Waals surface area contributed by atoms with Gasteiger partial charge in [-0.2, -0.15) is 0 Å². The van der Waals surface area contributed by atoms with Gasteiger partial charge in [-0.15, -0.1) is 10.2 Å². The molecule has 0 saturated carbocycles. The van der Waals surface area contributed by atoms with Gasteiger partial charge >= 0.3 is 0 Å². The third-order valence-corrected chi connectivity index (χ3v) is 6.37. The minimum Gasteiger partial charge on any atom is -0.306 e. The number of hydrogen-bond acceptors (Lipinski definition) is 6. The van der Waals surface area contributed by atoms with Crippen LogP contribution in [0.15, 0.2) is 17.3 Å². The summed E-state index contributed by atoms with van der Waals surface area (Å²) in [6, 6.07) is 4.22. The molecule has 3 heterocycles. The average molecular weight is 388 g/mol. The molecule has 3 aromatic rings. The van der Waals surface area contributed by atoms with E-state index in [1.54, 1.807) is 0 Å². The van der Waals surface area contributed by atoms with Gasteiger partial charge in [0.1, 0.15) is 5.82 Å². The molecule has 136 valence electrons. The lowest BCUT2D eigenvalue weighted by Gasteiger charge is -2.06. The summed E-state index contributed by atoms with van der Waals surface area (Å²) < 4.78 is 3.27. The van der Waals surface area contributed by atoms with E-state index in [4.69, 9.17) is 0 Å². The second-order valence-electron chi connectivity index (χ2n) is 6.65. The van der Waals surface area contributed by atoms with E-state index < -0.39 is 0 Å². The Morgan fingerprint density at radius 2 is 2.15 bits per heavy atom. The monoisotopic (exact) mass is 387 g/mol. The minimum atomic E-state index is -0.0607. The lowest BCUT2D eigenvalue weighted by Crippen LogP contribution is -2.14. The summed E-state index contributed by atoms with van der Waals surface area (Å²) in [6.07, 6.45) is 4.52. The van der Waals surface area contributed by atoms with Crippen LogP contribution in [0.1, 0.15) is 36.2 Å². The zero-order valence-corrected chi connectivity index (χ0v) is 16.5. The zero-order chi connectivity index (χ0) is 18.1. The summed E-state index contributed by atoms with van der Waals surface area (Å²) in [7, 11) is 0. The molecule has 0 atom stereocenters. The van der Waals surface area contributed by atoms with E-state index >= 15 is 0 Å². The highest BCUT2D eigenvalue weighted by Crippen LogP contribution is 2.29. The maximum atomic E-state index is 12.3. The fourth-order valence-corrected chi connectivity index (χ4v) is 5.12. The summed E-state index contributed by atoms with van der Waals surface area (Å²) in [5.41, 5.74) is 3.31. The number of thiazole rings is 1. The van der Waals surface area contributed by atoms with Gasteiger partial charge in [0, 0.05) is 13.0 Å². The van der Waals surface area contributed by atoms with Crippen LogP contribution in [0.5, 0.6) is 0 Å². The molecule has 26 heavy (non-hydrogen) atoms. The summed E-state index contributed by atoms with van der Waals surface area (Å²) in [5, 5.41) is 12.9. The van der Waals surface area contributed by atoms with E-state index in [1.807, 2.05) is 6.92 Å². The highest BCUT2D eigenvalue weighted by Gasteiger charge is 2.17. The van der Waals surface area contributed by atoms with Gasteiger partial charge in [-0.25, -0.2) is 4.98 Å². The van der Waals surface area contributed by atoms with Crippen molar-refractivity contribution in [3.8, 4) is 0 Å². The molecule has 1 aliphatic heterocycles. The number of anilines is 1. The molecule has 1 aliphatic rings. The topological polar surface area (TPSA) is 72.7 Å². The van der Waals surface area contributed by atoms with Crippen LogP contribution in [0.25, 0.3) is 10.2 Å². The van der Waals surface area contributed by atoms with Gasteiger partial charge in [-0.05, 0) is 43.9 Å². The first-order valence-corrected chi connectivity index (χ1v) is 10.6. The van der Waals surface area contributed by atoms with Crippen LogP contribution in [-0.4, -0.2) is 31.4 Å². The van der Waals surface area contributed by atoms with Crippen LogP contribution >= 0.6 is 23.1 Å². The number of benzene rings is 1. The number of carbonyl (C=O) groups is 1. The third-order valence-electron chi connectivity index (χ3n) is 4.48. The van der Waals surface area contributed by atoms with Crippen molar-refractivity contribution in [1.82, 2.24) is 19.7 Å². The van der Waals surface area contributed by atoms with Crippen LogP contribution in [0.2, 0.25) is 0 Å². The fraction of sp³-hybridized carbons (Fsp3) is 0.444. The molecule has 0 radical (unpaired) electrons. The highest BCUT2D eigenvalue weighted by atomic mass is 32.2. The molecule has 0 spiro atoms. The number of aryl methyl sites for hydroxylation is 3. The fourth-order valence-electron chi connectivity index (χ4n) is 3.27. The number of thioether (sulfide) groups is 1. The van der Waals surface area contributed by atoms with Crippen molar-refractivity contribution < 1.29 is 4.79 Å². The first-order valence-electron chi connectivity index (χ1n) is 8.82.